The minimum atomic E-state index is -0.946. The lowest BCUT2D eigenvalue weighted by molar-refractivity contribution is -0.133. The molecule has 0 radical (unpaired) electrons. The van der Waals surface area contributed by atoms with Crippen LogP contribution in [-0.4, -0.2) is 11.1 Å². The van der Waals surface area contributed by atoms with Crippen molar-refractivity contribution in [2.45, 2.75) is 19.3 Å². The van der Waals surface area contributed by atoms with E-state index in [4.69, 9.17) is 5.11 Å². The van der Waals surface area contributed by atoms with Crippen molar-refractivity contribution >= 4 is 5.97 Å². The second-order valence-corrected chi connectivity index (χ2v) is 3.77. The van der Waals surface area contributed by atoms with Crippen molar-refractivity contribution < 1.29 is 9.90 Å². The molecule has 0 bridgehead atoms. The molecule has 0 spiro atoms. The minimum Gasteiger partial charge on any atom is -0.478 e. The Morgan fingerprint density at radius 1 is 1.29 bits per heavy atom. The zero-order valence-corrected chi connectivity index (χ0v) is 8.45. The average Bonchev–Trinajstić information content (AvgIpc) is 2.18. The van der Waals surface area contributed by atoms with Crippen LogP contribution in [0.25, 0.3) is 0 Å². The summed E-state index contributed by atoms with van der Waals surface area (Å²) >= 11 is 0. The monoisotopic (exact) mass is 190 g/mol. The van der Waals surface area contributed by atoms with Gasteiger partial charge < -0.3 is 5.11 Å². The first-order chi connectivity index (χ1) is 6.46. The van der Waals surface area contributed by atoms with Crippen molar-refractivity contribution in [1.82, 2.24) is 0 Å². The number of carbonyl (C=O) groups is 1. The van der Waals surface area contributed by atoms with E-state index in [1.807, 2.05) is 44.2 Å². The number of carboxylic acid groups (broad SMARTS) is 1. The van der Waals surface area contributed by atoms with Crippen LogP contribution in [-0.2, 0) is 10.2 Å². The minimum absolute atomic E-state index is 0.212. The molecule has 0 saturated carbocycles. The highest BCUT2D eigenvalue weighted by molar-refractivity contribution is 5.88. The van der Waals surface area contributed by atoms with Gasteiger partial charge in [0.2, 0.25) is 0 Å². The van der Waals surface area contributed by atoms with Crippen molar-refractivity contribution in [3.05, 3.63) is 48.0 Å². The normalized spacial score (nSPS) is 11.0. The molecule has 2 nitrogen and oxygen atoms in total. The summed E-state index contributed by atoms with van der Waals surface area (Å²) < 4.78 is 0. The second-order valence-electron chi connectivity index (χ2n) is 3.77. The van der Waals surface area contributed by atoms with Gasteiger partial charge in [0.15, 0.2) is 0 Å². The standard InChI is InChI=1S/C12H14O2/c1-9(11(13)14)12(2,3)10-7-5-4-6-8-10/h4-8H,1H2,2-3H3,(H,13,14). The van der Waals surface area contributed by atoms with Crippen molar-refractivity contribution in [3.8, 4) is 0 Å². The fourth-order valence-corrected chi connectivity index (χ4v) is 1.30. The molecule has 0 amide bonds. The molecule has 0 heterocycles. The Hall–Kier alpha value is -1.57. The van der Waals surface area contributed by atoms with E-state index in [2.05, 4.69) is 6.58 Å². The second kappa shape index (κ2) is 3.66. The summed E-state index contributed by atoms with van der Waals surface area (Å²) in [6.07, 6.45) is 0. The van der Waals surface area contributed by atoms with Crippen LogP contribution in [0.3, 0.4) is 0 Å². The third-order valence-corrected chi connectivity index (χ3v) is 2.51. The molecule has 14 heavy (non-hydrogen) atoms. The number of rotatable bonds is 3. The zero-order chi connectivity index (χ0) is 10.8. The summed E-state index contributed by atoms with van der Waals surface area (Å²) in [7, 11) is 0. The lowest BCUT2D eigenvalue weighted by Crippen LogP contribution is -2.24. The Morgan fingerprint density at radius 3 is 2.21 bits per heavy atom. The number of hydrogen-bond donors (Lipinski definition) is 1. The number of carboxylic acids is 1. The molecule has 0 aliphatic rings. The lowest BCUT2D eigenvalue weighted by atomic mass is 9.78. The summed E-state index contributed by atoms with van der Waals surface area (Å²) in [5.41, 5.74) is 0.656. The molecule has 0 fully saturated rings. The van der Waals surface area contributed by atoms with Gasteiger partial charge in [0, 0.05) is 11.0 Å². The van der Waals surface area contributed by atoms with Gasteiger partial charge in [-0.2, -0.15) is 0 Å². The number of benzene rings is 1. The molecule has 0 aliphatic carbocycles. The van der Waals surface area contributed by atoms with Crippen LogP contribution in [0, 0.1) is 0 Å². The molecule has 0 unspecified atom stereocenters. The Balaban J connectivity index is 3.08. The highest BCUT2D eigenvalue weighted by Gasteiger charge is 2.28. The van der Waals surface area contributed by atoms with E-state index in [9.17, 15) is 4.79 Å². The summed E-state index contributed by atoms with van der Waals surface area (Å²) in [4.78, 5) is 10.8. The Kier molecular flexibility index (Phi) is 2.75. The molecule has 0 atom stereocenters. The molecule has 0 aliphatic heterocycles. The molecule has 0 saturated heterocycles. The highest BCUT2D eigenvalue weighted by atomic mass is 16.4. The van der Waals surface area contributed by atoms with Gasteiger partial charge in [0.25, 0.3) is 0 Å². The van der Waals surface area contributed by atoms with Gasteiger partial charge in [-0.15, -0.1) is 0 Å². The van der Waals surface area contributed by atoms with E-state index >= 15 is 0 Å². The van der Waals surface area contributed by atoms with Crippen molar-refractivity contribution in [3.63, 3.8) is 0 Å². The van der Waals surface area contributed by atoms with Gasteiger partial charge in [-0.3, -0.25) is 0 Å². The summed E-state index contributed by atoms with van der Waals surface area (Å²) in [5, 5.41) is 8.88. The maximum Gasteiger partial charge on any atom is 0.331 e. The lowest BCUT2D eigenvalue weighted by Gasteiger charge is -2.25. The van der Waals surface area contributed by atoms with E-state index in [0.29, 0.717) is 0 Å². The average molecular weight is 190 g/mol. The van der Waals surface area contributed by atoms with E-state index in [1.54, 1.807) is 0 Å². The summed E-state index contributed by atoms with van der Waals surface area (Å²) in [6.45, 7) is 7.32. The molecule has 1 aromatic carbocycles. The van der Waals surface area contributed by atoms with Crippen LogP contribution >= 0.6 is 0 Å². The molecular weight excluding hydrogens is 176 g/mol. The molecule has 74 valence electrons. The summed E-state index contributed by atoms with van der Waals surface area (Å²) in [5.74, 6) is -0.946. The number of aliphatic carboxylic acids is 1. The van der Waals surface area contributed by atoms with Gasteiger partial charge in [0.05, 0.1) is 0 Å². The molecule has 0 aromatic heterocycles. The molecule has 2 heteroatoms. The van der Waals surface area contributed by atoms with Crippen LogP contribution < -0.4 is 0 Å². The van der Waals surface area contributed by atoms with E-state index in [1.165, 1.54) is 0 Å². The van der Waals surface area contributed by atoms with Crippen LogP contribution in [0.4, 0.5) is 0 Å². The largest absolute Gasteiger partial charge is 0.478 e. The SMILES string of the molecule is C=C(C(=O)O)C(C)(C)c1ccccc1. The summed E-state index contributed by atoms with van der Waals surface area (Å²) in [6, 6.07) is 9.52. The van der Waals surface area contributed by atoms with Gasteiger partial charge in [0.1, 0.15) is 0 Å². The Morgan fingerprint density at radius 2 is 1.79 bits per heavy atom. The van der Waals surface area contributed by atoms with Gasteiger partial charge >= 0.3 is 5.97 Å². The van der Waals surface area contributed by atoms with Gasteiger partial charge in [-0.1, -0.05) is 50.8 Å². The maximum atomic E-state index is 10.8. The van der Waals surface area contributed by atoms with E-state index in [0.717, 1.165) is 5.56 Å². The van der Waals surface area contributed by atoms with E-state index < -0.39 is 11.4 Å². The fraction of sp³-hybridized carbons (Fsp3) is 0.250. The third-order valence-electron chi connectivity index (χ3n) is 2.51. The van der Waals surface area contributed by atoms with Crippen molar-refractivity contribution in [2.24, 2.45) is 0 Å². The van der Waals surface area contributed by atoms with E-state index in [-0.39, 0.29) is 5.57 Å². The first-order valence-corrected chi connectivity index (χ1v) is 4.44. The maximum absolute atomic E-state index is 10.8. The number of hydrogen-bond acceptors (Lipinski definition) is 1. The van der Waals surface area contributed by atoms with Crippen molar-refractivity contribution in [1.29, 1.82) is 0 Å². The first-order valence-electron chi connectivity index (χ1n) is 4.44. The Labute approximate surface area is 83.9 Å². The molecule has 1 N–H and O–H groups in total. The third kappa shape index (κ3) is 1.84. The smallest absolute Gasteiger partial charge is 0.331 e. The quantitative estimate of drug-likeness (QED) is 0.744. The van der Waals surface area contributed by atoms with Crippen molar-refractivity contribution in [2.75, 3.05) is 0 Å². The highest BCUT2D eigenvalue weighted by Crippen LogP contribution is 2.29. The molecule has 1 rings (SSSR count). The first kappa shape index (κ1) is 10.5. The molecular formula is C12H14O2. The molecule has 1 aromatic rings. The van der Waals surface area contributed by atoms with Crippen LogP contribution in [0.2, 0.25) is 0 Å². The van der Waals surface area contributed by atoms with Crippen LogP contribution in [0.5, 0.6) is 0 Å². The fourth-order valence-electron chi connectivity index (χ4n) is 1.30. The Bertz CT molecular complexity index is 350. The van der Waals surface area contributed by atoms with Crippen LogP contribution in [0.15, 0.2) is 42.5 Å². The topological polar surface area (TPSA) is 37.3 Å². The zero-order valence-electron chi connectivity index (χ0n) is 8.45. The predicted octanol–water partition coefficient (Wildman–Crippen LogP) is 2.61. The van der Waals surface area contributed by atoms with Gasteiger partial charge in [-0.25, -0.2) is 4.79 Å². The van der Waals surface area contributed by atoms with Crippen LogP contribution in [0.1, 0.15) is 19.4 Å². The predicted molar refractivity (Wildman–Crippen MR) is 56.2 cm³/mol. The van der Waals surface area contributed by atoms with Gasteiger partial charge in [-0.05, 0) is 5.56 Å².